The summed E-state index contributed by atoms with van der Waals surface area (Å²) in [5.74, 6) is 0.399. The van der Waals surface area contributed by atoms with Crippen molar-refractivity contribution in [3.05, 3.63) is 29.8 Å². The largest absolute Gasteiger partial charge is 0.494 e. The van der Waals surface area contributed by atoms with Gasteiger partial charge in [0, 0.05) is 26.2 Å². The molecule has 0 saturated carbocycles. The summed E-state index contributed by atoms with van der Waals surface area (Å²) in [6.07, 6.45) is -0.160. The van der Waals surface area contributed by atoms with E-state index in [2.05, 4.69) is 5.32 Å². The molecule has 1 aromatic rings. The highest BCUT2D eigenvalue weighted by Gasteiger charge is 2.28. The van der Waals surface area contributed by atoms with Crippen molar-refractivity contribution in [3.63, 3.8) is 0 Å². The summed E-state index contributed by atoms with van der Waals surface area (Å²) in [4.78, 5) is 39.8. The van der Waals surface area contributed by atoms with Gasteiger partial charge in [0.05, 0.1) is 19.6 Å². The van der Waals surface area contributed by atoms with Crippen molar-refractivity contribution in [2.45, 2.75) is 33.2 Å². The Kier molecular flexibility index (Phi) is 8.10. The number of piperazine rings is 1. The molecule has 0 spiro atoms. The molecule has 1 aromatic carbocycles. The van der Waals surface area contributed by atoms with E-state index in [0.29, 0.717) is 39.4 Å². The van der Waals surface area contributed by atoms with Gasteiger partial charge in [-0.1, -0.05) is 12.1 Å². The Labute approximate surface area is 165 Å². The zero-order valence-corrected chi connectivity index (χ0v) is 16.8. The first kappa shape index (κ1) is 21.5. The lowest BCUT2D eigenvalue weighted by molar-refractivity contribution is -0.137. The molecule has 1 aliphatic rings. The molecule has 1 fully saturated rings. The quantitative estimate of drug-likeness (QED) is 0.760. The number of carbonyl (C=O) groups excluding carboxylic acids is 3. The second-order valence-electron chi connectivity index (χ2n) is 6.55. The molecule has 1 saturated heterocycles. The first-order chi connectivity index (χ1) is 13.4. The summed E-state index contributed by atoms with van der Waals surface area (Å²) in [5.41, 5.74) is 0.851. The first-order valence-corrected chi connectivity index (χ1v) is 9.66. The number of nitrogens with one attached hydrogen (secondary N) is 1. The fraction of sp³-hybridized carbons (Fsp3) is 0.550. The lowest BCUT2D eigenvalue weighted by Crippen LogP contribution is -2.55. The number of ether oxygens (including phenoxy) is 2. The van der Waals surface area contributed by atoms with Crippen LogP contribution in [-0.4, -0.2) is 73.1 Å². The summed E-state index contributed by atoms with van der Waals surface area (Å²) in [5, 5.41) is 2.75. The zero-order valence-electron chi connectivity index (χ0n) is 16.8. The maximum absolute atomic E-state index is 12.6. The molecule has 2 rings (SSSR count). The number of rotatable bonds is 7. The Balaban J connectivity index is 1.78. The third-order valence-corrected chi connectivity index (χ3v) is 4.46. The smallest absolute Gasteiger partial charge is 0.409 e. The summed E-state index contributed by atoms with van der Waals surface area (Å²) in [6, 6.07) is 6.70. The Morgan fingerprint density at radius 3 is 2.18 bits per heavy atom. The van der Waals surface area contributed by atoms with E-state index in [0.717, 1.165) is 11.3 Å². The van der Waals surface area contributed by atoms with Gasteiger partial charge in [-0.15, -0.1) is 0 Å². The van der Waals surface area contributed by atoms with Crippen LogP contribution in [-0.2, 0) is 20.7 Å². The zero-order chi connectivity index (χ0) is 20.5. The van der Waals surface area contributed by atoms with Crippen LogP contribution in [0.25, 0.3) is 0 Å². The Bertz CT molecular complexity index is 669. The van der Waals surface area contributed by atoms with Crippen LogP contribution < -0.4 is 10.1 Å². The topological polar surface area (TPSA) is 88.2 Å². The second-order valence-corrected chi connectivity index (χ2v) is 6.55. The number of carbonyl (C=O) groups is 3. The van der Waals surface area contributed by atoms with Crippen LogP contribution in [0.15, 0.2) is 24.3 Å². The van der Waals surface area contributed by atoms with E-state index >= 15 is 0 Å². The molecule has 154 valence electrons. The molecule has 1 N–H and O–H groups in total. The van der Waals surface area contributed by atoms with Gasteiger partial charge in [0.2, 0.25) is 11.8 Å². The van der Waals surface area contributed by atoms with E-state index in [1.54, 1.807) is 23.6 Å². The third kappa shape index (κ3) is 6.14. The maximum Gasteiger partial charge on any atom is 0.409 e. The SMILES string of the molecule is CCOC(=O)N1CCN(C(=O)[C@H](C)NC(=O)Cc2ccc(OCC)cc2)CC1. The van der Waals surface area contributed by atoms with Crippen molar-refractivity contribution in [2.75, 3.05) is 39.4 Å². The Morgan fingerprint density at radius 2 is 1.61 bits per heavy atom. The molecule has 0 unspecified atom stereocenters. The van der Waals surface area contributed by atoms with Crippen molar-refractivity contribution in [2.24, 2.45) is 0 Å². The average Bonchev–Trinajstić information content (AvgIpc) is 2.69. The van der Waals surface area contributed by atoms with Crippen LogP contribution in [0.1, 0.15) is 26.3 Å². The summed E-state index contributed by atoms with van der Waals surface area (Å²) >= 11 is 0. The molecular weight excluding hydrogens is 362 g/mol. The number of nitrogens with zero attached hydrogens (tertiary/aromatic N) is 2. The molecule has 1 atom stereocenters. The van der Waals surface area contributed by atoms with Crippen molar-refractivity contribution in [3.8, 4) is 5.75 Å². The minimum Gasteiger partial charge on any atom is -0.494 e. The van der Waals surface area contributed by atoms with Crippen LogP contribution >= 0.6 is 0 Å². The number of hydrogen-bond donors (Lipinski definition) is 1. The molecule has 3 amide bonds. The van der Waals surface area contributed by atoms with Crippen LogP contribution in [0.2, 0.25) is 0 Å². The molecule has 0 radical (unpaired) electrons. The Hall–Kier alpha value is -2.77. The van der Waals surface area contributed by atoms with Gasteiger partial charge >= 0.3 is 6.09 Å². The summed E-state index contributed by atoms with van der Waals surface area (Å²) in [7, 11) is 0. The molecular formula is C20H29N3O5. The minimum absolute atomic E-state index is 0.149. The van der Waals surface area contributed by atoms with Crippen LogP contribution in [0.3, 0.4) is 0 Å². The normalized spacial score (nSPS) is 15.0. The average molecular weight is 391 g/mol. The van der Waals surface area contributed by atoms with Gasteiger partial charge in [0.15, 0.2) is 0 Å². The molecule has 1 aliphatic heterocycles. The van der Waals surface area contributed by atoms with Gasteiger partial charge in [-0.2, -0.15) is 0 Å². The van der Waals surface area contributed by atoms with Crippen molar-refractivity contribution < 1.29 is 23.9 Å². The lowest BCUT2D eigenvalue weighted by atomic mass is 10.1. The van der Waals surface area contributed by atoms with Crippen LogP contribution in [0.4, 0.5) is 4.79 Å². The lowest BCUT2D eigenvalue weighted by Gasteiger charge is -2.35. The Morgan fingerprint density at radius 1 is 1.00 bits per heavy atom. The number of benzene rings is 1. The summed E-state index contributed by atoms with van der Waals surface area (Å²) < 4.78 is 10.4. The van der Waals surface area contributed by atoms with E-state index in [1.165, 1.54) is 0 Å². The van der Waals surface area contributed by atoms with Crippen molar-refractivity contribution in [1.29, 1.82) is 0 Å². The standard InChI is InChI=1S/C20H29N3O5/c1-4-27-17-8-6-16(7-9-17)14-18(24)21-15(3)19(25)22-10-12-23(13-11-22)20(26)28-5-2/h6-9,15H,4-5,10-14H2,1-3H3,(H,21,24)/t15-/m0/s1. The molecule has 28 heavy (non-hydrogen) atoms. The van der Waals surface area contributed by atoms with E-state index < -0.39 is 6.04 Å². The molecule has 0 bridgehead atoms. The van der Waals surface area contributed by atoms with E-state index in [9.17, 15) is 14.4 Å². The van der Waals surface area contributed by atoms with E-state index in [4.69, 9.17) is 9.47 Å². The predicted octanol–water partition coefficient (Wildman–Crippen LogP) is 1.43. The fourth-order valence-corrected chi connectivity index (χ4v) is 3.01. The fourth-order valence-electron chi connectivity index (χ4n) is 3.01. The first-order valence-electron chi connectivity index (χ1n) is 9.66. The highest BCUT2D eigenvalue weighted by molar-refractivity contribution is 5.88. The molecule has 1 heterocycles. The molecule has 0 aromatic heterocycles. The monoisotopic (exact) mass is 391 g/mol. The molecule has 8 heteroatoms. The van der Waals surface area contributed by atoms with Gasteiger partial charge < -0.3 is 24.6 Å². The van der Waals surface area contributed by atoms with Gasteiger partial charge in [-0.25, -0.2) is 4.79 Å². The third-order valence-electron chi connectivity index (χ3n) is 4.46. The van der Waals surface area contributed by atoms with Gasteiger partial charge in [0.1, 0.15) is 11.8 Å². The van der Waals surface area contributed by atoms with Crippen LogP contribution in [0, 0.1) is 0 Å². The van der Waals surface area contributed by atoms with Gasteiger partial charge in [0.25, 0.3) is 0 Å². The number of amides is 3. The van der Waals surface area contributed by atoms with Crippen molar-refractivity contribution in [1.82, 2.24) is 15.1 Å². The number of hydrogen-bond acceptors (Lipinski definition) is 5. The van der Waals surface area contributed by atoms with Crippen molar-refractivity contribution >= 4 is 17.9 Å². The van der Waals surface area contributed by atoms with Gasteiger partial charge in [-0.05, 0) is 38.5 Å². The minimum atomic E-state index is -0.621. The molecule has 8 nitrogen and oxygen atoms in total. The predicted molar refractivity (Wildman–Crippen MR) is 104 cm³/mol. The second kappa shape index (κ2) is 10.5. The maximum atomic E-state index is 12.6. The highest BCUT2D eigenvalue weighted by Crippen LogP contribution is 2.12. The van der Waals surface area contributed by atoms with Gasteiger partial charge in [-0.3, -0.25) is 9.59 Å². The highest BCUT2D eigenvalue weighted by atomic mass is 16.6. The summed E-state index contributed by atoms with van der Waals surface area (Å²) in [6.45, 7) is 7.98. The van der Waals surface area contributed by atoms with E-state index in [1.807, 2.05) is 31.2 Å². The van der Waals surface area contributed by atoms with Crippen LogP contribution in [0.5, 0.6) is 5.75 Å². The molecule has 0 aliphatic carbocycles. The van der Waals surface area contributed by atoms with E-state index in [-0.39, 0.29) is 24.3 Å².